The highest BCUT2D eigenvalue weighted by atomic mass is 16.5. The fourth-order valence-corrected chi connectivity index (χ4v) is 2.19. The minimum atomic E-state index is -0.929. The zero-order valence-electron chi connectivity index (χ0n) is 12.1. The molecule has 0 bridgehead atoms. The summed E-state index contributed by atoms with van der Waals surface area (Å²) in [5.74, 6) is -2.00. The van der Waals surface area contributed by atoms with Gasteiger partial charge in [0.15, 0.2) is 0 Å². The number of ether oxygens (including phenoxy) is 1. The van der Waals surface area contributed by atoms with E-state index >= 15 is 0 Å². The van der Waals surface area contributed by atoms with E-state index in [1.165, 1.54) is 0 Å². The van der Waals surface area contributed by atoms with Gasteiger partial charge in [0.25, 0.3) is 0 Å². The Kier molecular flexibility index (Phi) is 5.72. The summed E-state index contributed by atoms with van der Waals surface area (Å²) < 4.78 is 5.16. The Hall–Kier alpha value is -2.62. The predicted octanol–water partition coefficient (Wildman–Crippen LogP) is 3.38. The summed E-state index contributed by atoms with van der Waals surface area (Å²) in [7, 11) is 0. The minimum Gasteiger partial charge on any atom is -0.481 e. The second-order valence-corrected chi connectivity index (χ2v) is 4.99. The van der Waals surface area contributed by atoms with Crippen LogP contribution in [0.5, 0.6) is 0 Å². The quantitative estimate of drug-likeness (QED) is 0.796. The number of aliphatic carboxylic acids is 1. The molecule has 0 radical (unpaired) electrons. The highest BCUT2D eigenvalue weighted by Crippen LogP contribution is 2.21. The molecule has 4 heteroatoms. The molecule has 0 heterocycles. The second-order valence-electron chi connectivity index (χ2n) is 4.99. The molecule has 0 saturated carbocycles. The molecule has 114 valence electrons. The second kappa shape index (κ2) is 7.98. The first kappa shape index (κ1) is 15.8. The molecule has 0 spiro atoms. The number of carbonyl (C=O) groups excluding carboxylic acids is 1. The van der Waals surface area contributed by atoms with Gasteiger partial charge in [-0.15, -0.1) is 0 Å². The Morgan fingerprint density at radius 2 is 1.55 bits per heavy atom. The monoisotopic (exact) mass is 298 g/mol. The van der Waals surface area contributed by atoms with E-state index in [0.29, 0.717) is 5.56 Å². The molecule has 1 atom stereocenters. The molecule has 0 fully saturated rings. The number of carbonyl (C=O) groups is 2. The van der Waals surface area contributed by atoms with E-state index in [9.17, 15) is 14.7 Å². The molecule has 2 rings (SSSR count). The molecule has 2 aromatic carbocycles. The van der Waals surface area contributed by atoms with Gasteiger partial charge in [-0.1, -0.05) is 60.7 Å². The van der Waals surface area contributed by atoms with Crippen LogP contribution in [0.2, 0.25) is 0 Å². The summed E-state index contributed by atoms with van der Waals surface area (Å²) in [6.45, 7) is 0.211. The van der Waals surface area contributed by atoms with E-state index in [-0.39, 0.29) is 25.4 Å². The SMILES string of the molecule is O=C(CCC(C(=O)O)c1ccccc1)OCc1ccccc1. The fraction of sp³-hybridized carbons (Fsp3) is 0.222. The first-order valence-corrected chi connectivity index (χ1v) is 7.14. The average Bonchev–Trinajstić information content (AvgIpc) is 2.55. The Labute approximate surface area is 129 Å². The summed E-state index contributed by atoms with van der Waals surface area (Å²) in [5.41, 5.74) is 1.61. The van der Waals surface area contributed by atoms with Gasteiger partial charge >= 0.3 is 11.9 Å². The molecule has 1 N–H and O–H groups in total. The standard InChI is InChI=1S/C18H18O4/c19-17(22-13-14-7-3-1-4-8-14)12-11-16(18(20)21)15-9-5-2-6-10-15/h1-10,16H,11-13H2,(H,20,21). The van der Waals surface area contributed by atoms with Crippen LogP contribution < -0.4 is 0 Å². The van der Waals surface area contributed by atoms with Crippen LogP contribution in [0.4, 0.5) is 0 Å². The van der Waals surface area contributed by atoms with E-state index in [1.807, 2.05) is 36.4 Å². The van der Waals surface area contributed by atoms with Gasteiger partial charge in [-0.05, 0) is 17.5 Å². The summed E-state index contributed by atoms with van der Waals surface area (Å²) in [4.78, 5) is 23.1. The van der Waals surface area contributed by atoms with Crippen molar-refractivity contribution < 1.29 is 19.4 Å². The van der Waals surface area contributed by atoms with Gasteiger partial charge in [-0.25, -0.2) is 0 Å². The first-order chi connectivity index (χ1) is 10.7. The van der Waals surface area contributed by atoms with Crippen molar-refractivity contribution in [2.45, 2.75) is 25.4 Å². The van der Waals surface area contributed by atoms with Crippen LogP contribution in [0.15, 0.2) is 60.7 Å². The lowest BCUT2D eigenvalue weighted by Crippen LogP contribution is -2.14. The van der Waals surface area contributed by atoms with Crippen LogP contribution in [0.25, 0.3) is 0 Å². The van der Waals surface area contributed by atoms with Crippen LogP contribution >= 0.6 is 0 Å². The smallest absolute Gasteiger partial charge is 0.310 e. The van der Waals surface area contributed by atoms with Crippen LogP contribution in [0, 0.1) is 0 Å². The van der Waals surface area contributed by atoms with E-state index in [1.54, 1.807) is 24.3 Å². The highest BCUT2D eigenvalue weighted by Gasteiger charge is 2.21. The Morgan fingerprint density at radius 3 is 2.14 bits per heavy atom. The Balaban J connectivity index is 1.85. The number of hydrogen-bond donors (Lipinski definition) is 1. The maximum Gasteiger partial charge on any atom is 0.310 e. The molecule has 0 aliphatic heterocycles. The number of esters is 1. The van der Waals surface area contributed by atoms with Crippen LogP contribution in [0.1, 0.15) is 29.9 Å². The third-order valence-electron chi connectivity index (χ3n) is 3.38. The van der Waals surface area contributed by atoms with Crippen molar-refractivity contribution >= 4 is 11.9 Å². The average molecular weight is 298 g/mol. The van der Waals surface area contributed by atoms with Gasteiger partial charge < -0.3 is 9.84 Å². The topological polar surface area (TPSA) is 63.6 Å². The van der Waals surface area contributed by atoms with Gasteiger partial charge in [0.1, 0.15) is 6.61 Å². The highest BCUT2D eigenvalue weighted by molar-refractivity contribution is 5.77. The molecule has 1 unspecified atom stereocenters. The number of hydrogen-bond acceptors (Lipinski definition) is 3. The van der Waals surface area contributed by atoms with E-state index in [4.69, 9.17) is 4.74 Å². The fourth-order valence-electron chi connectivity index (χ4n) is 2.19. The lowest BCUT2D eigenvalue weighted by Gasteiger charge is -2.12. The van der Waals surface area contributed by atoms with Crippen LogP contribution in [-0.2, 0) is 20.9 Å². The third kappa shape index (κ3) is 4.74. The van der Waals surface area contributed by atoms with Crippen molar-refractivity contribution in [3.05, 3.63) is 71.8 Å². The normalized spacial score (nSPS) is 11.6. The Bertz CT molecular complexity index is 607. The lowest BCUT2D eigenvalue weighted by molar-refractivity contribution is -0.145. The van der Waals surface area contributed by atoms with Crippen molar-refractivity contribution in [3.8, 4) is 0 Å². The molecule has 0 saturated heterocycles. The summed E-state index contributed by atoms with van der Waals surface area (Å²) in [6.07, 6.45) is 0.311. The van der Waals surface area contributed by atoms with Crippen LogP contribution in [-0.4, -0.2) is 17.0 Å². The molecule has 0 amide bonds. The number of carboxylic acids is 1. The predicted molar refractivity (Wildman–Crippen MR) is 82.3 cm³/mol. The maximum absolute atomic E-state index is 11.8. The lowest BCUT2D eigenvalue weighted by atomic mass is 9.94. The first-order valence-electron chi connectivity index (χ1n) is 7.14. The van der Waals surface area contributed by atoms with Crippen LogP contribution in [0.3, 0.4) is 0 Å². The van der Waals surface area contributed by atoms with Gasteiger partial charge in [0, 0.05) is 6.42 Å². The van der Waals surface area contributed by atoms with Gasteiger partial charge in [-0.2, -0.15) is 0 Å². The van der Waals surface area contributed by atoms with Gasteiger partial charge in [0.2, 0.25) is 0 Å². The Morgan fingerprint density at radius 1 is 0.955 bits per heavy atom. The van der Waals surface area contributed by atoms with E-state index in [2.05, 4.69) is 0 Å². The van der Waals surface area contributed by atoms with E-state index in [0.717, 1.165) is 5.56 Å². The summed E-state index contributed by atoms with van der Waals surface area (Å²) in [6, 6.07) is 18.3. The number of rotatable bonds is 7. The van der Waals surface area contributed by atoms with Crippen molar-refractivity contribution in [2.24, 2.45) is 0 Å². The van der Waals surface area contributed by atoms with Crippen molar-refractivity contribution in [1.82, 2.24) is 0 Å². The summed E-state index contributed by atoms with van der Waals surface area (Å²) in [5, 5.41) is 9.30. The van der Waals surface area contributed by atoms with Gasteiger partial charge in [0.05, 0.1) is 5.92 Å². The molecule has 0 aromatic heterocycles. The molecular formula is C18H18O4. The van der Waals surface area contributed by atoms with Crippen molar-refractivity contribution in [2.75, 3.05) is 0 Å². The molecule has 0 aliphatic carbocycles. The number of benzene rings is 2. The minimum absolute atomic E-state index is 0.0820. The van der Waals surface area contributed by atoms with Crippen molar-refractivity contribution in [1.29, 1.82) is 0 Å². The zero-order valence-corrected chi connectivity index (χ0v) is 12.1. The maximum atomic E-state index is 11.8. The zero-order chi connectivity index (χ0) is 15.8. The molecular weight excluding hydrogens is 280 g/mol. The molecule has 0 aliphatic rings. The van der Waals surface area contributed by atoms with Crippen molar-refractivity contribution in [3.63, 3.8) is 0 Å². The third-order valence-corrected chi connectivity index (χ3v) is 3.38. The van der Waals surface area contributed by atoms with Gasteiger partial charge in [-0.3, -0.25) is 9.59 Å². The molecule has 4 nitrogen and oxygen atoms in total. The van der Waals surface area contributed by atoms with E-state index < -0.39 is 11.9 Å². The largest absolute Gasteiger partial charge is 0.481 e. The molecule has 22 heavy (non-hydrogen) atoms. The molecule has 2 aromatic rings. The number of carboxylic acid groups (broad SMARTS) is 1. The summed E-state index contributed by atoms with van der Waals surface area (Å²) >= 11 is 0.